The van der Waals surface area contributed by atoms with Crippen LogP contribution < -0.4 is 5.32 Å². The zero-order valence-corrected chi connectivity index (χ0v) is 11.7. The monoisotopic (exact) mass is 240 g/mol. The van der Waals surface area contributed by atoms with Crippen molar-refractivity contribution in [3.05, 3.63) is 22.4 Å². The van der Waals surface area contributed by atoms with Crippen LogP contribution in [-0.2, 0) is 6.54 Å². The molecule has 0 bridgehead atoms. The zero-order chi connectivity index (χ0) is 12.0. The molecule has 0 saturated heterocycles. The van der Waals surface area contributed by atoms with Crippen molar-refractivity contribution >= 4 is 11.3 Å². The normalized spacial score (nSPS) is 13.6. The molecule has 0 aliphatic rings. The summed E-state index contributed by atoms with van der Waals surface area (Å²) in [5.74, 6) is 0.683. The fourth-order valence-electron chi connectivity index (χ4n) is 1.98. The maximum Gasteiger partial charge on any atom is 0.0244 e. The van der Waals surface area contributed by atoms with Crippen molar-refractivity contribution in [3.63, 3.8) is 0 Å². The molecule has 3 heteroatoms. The van der Waals surface area contributed by atoms with Gasteiger partial charge in [-0.3, -0.25) is 4.90 Å². The van der Waals surface area contributed by atoms with E-state index in [0.29, 0.717) is 12.0 Å². The van der Waals surface area contributed by atoms with Crippen molar-refractivity contribution in [1.82, 2.24) is 10.2 Å². The molecule has 0 amide bonds. The molecule has 0 fully saturated rings. The third-order valence-corrected chi connectivity index (χ3v) is 3.68. The molecular weight excluding hydrogens is 216 g/mol. The van der Waals surface area contributed by atoms with Crippen LogP contribution in [0.4, 0.5) is 0 Å². The highest BCUT2D eigenvalue weighted by atomic mass is 32.1. The third kappa shape index (κ3) is 4.24. The molecule has 1 N–H and O–H groups in total. The summed E-state index contributed by atoms with van der Waals surface area (Å²) in [6.45, 7) is 9.94. The molecule has 1 unspecified atom stereocenters. The van der Waals surface area contributed by atoms with Crippen LogP contribution in [0.5, 0.6) is 0 Å². The predicted octanol–water partition coefficient (Wildman–Crippen LogP) is 2.81. The van der Waals surface area contributed by atoms with Crippen LogP contribution in [0.25, 0.3) is 0 Å². The first-order valence-corrected chi connectivity index (χ1v) is 7.01. The summed E-state index contributed by atoms with van der Waals surface area (Å²) < 4.78 is 0. The third-order valence-electron chi connectivity index (χ3n) is 2.95. The highest BCUT2D eigenvalue weighted by Crippen LogP contribution is 2.14. The molecule has 1 atom stereocenters. The van der Waals surface area contributed by atoms with Crippen molar-refractivity contribution in [2.45, 2.75) is 33.4 Å². The van der Waals surface area contributed by atoms with Gasteiger partial charge in [-0.05, 0) is 41.9 Å². The molecule has 2 nitrogen and oxygen atoms in total. The summed E-state index contributed by atoms with van der Waals surface area (Å²) in [5.41, 5.74) is 1.43. The quantitative estimate of drug-likeness (QED) is 0.788. The lowest BCUT2D eigenvalue weighted by Crippen LogP contribution is -2.43. The number of rotatable bonds is 7. The first-order chi connectivity index (χ1) is 7.65. The van der Waals surface area contributed by atoms with Crippen molar-refractivity contribution in [2.75, 3.05) is 20.1 Å². The molecule has 1 rings (SSSR count). The number of hydrogen-bond acceptors (Lipinski definition) is 3. The topological polar surface area (TPSA) is 15.3 Å². The Kier molecular flexibility index (Phi) is 6.03. The number of nitrogens with zero attached hydrogens (tertiary/aromatic N) is 1. The fourth-order valence-corrected chi connectivity index (χ4v) is 2.64. The van der Waals surface area contributed by atoms with Crippen LogP contribution >= 0.6 is 11.3 Å². The van der Waals surface area contributed by atoms with E-state index in [1.165, 1.54) is 5.56 Å². The summed E-state index contributed by atoms with van der Waals surface area (Å²) >= 11 is 1.78. The Labute approximate surface area is 104 Å². The summed E-state index contributed by atoms with van der Waals surface area (Å²) in [5, 5.41) is 7.84. The van der Waals surface area contributed by atoms with Crippen LogP contribution in [0.1, 0.15) is 26.3 Å². The molecule has 0 aliphatic heterocycles. The number of nitrogens with one attached hydrogen (secondary N) is 1. The Balaban J connectivity index is 2.49. The van der Waals surface area contributed by atoms with Gasteiger partial charge in [-0.2, -0.15) is 11.3 Å². The average Bonchev–Trinajstić information content (AvgIpc) is 2.70. The van der Waals surface area contributed by atoms with E-state index in [-0.39, 0.29) is 0 Å². The standard InChI is InChI=1S/C13H24N2S/c1-5-14-8-13(11(2)3)15(4)9-12-6-7-16-10-12/h6-7,10-11,13-14H,5,8-9H2,1-4H3. The second kappa shape index (κ2) is 7.05. The number of likely N-dealkylation sites (N-methyl/N-ethyl adjacent to an activating group) is 2. The predicted molar refractivity (Wildman–Crippen MR) is 73.0 cm³/mol. The Morgan fingerprint density at radius 2 is 2.19 bits per heavy atom. The van der Waals surface area contributed by atoms with Gasteiger partial charge in [0.2, 0.25) is 0 Å². The molecule has 0 radical (unpaired) electrons. The van der Waals surface area contributed by atoms with Gasteiger partial charge in [0, 0.05) is 19.1 Å². The Morgan fingerprint density at radius 3 is 2.69 bits per heavy atom. The van der Waals surface area contributed by atoms with Crippen molar-refractivity contribution in [2.24, 2.45) is 5.92 Å². The Bertz CT molecular complexity index is 269. The molecule has 1 heterocycles. The van der Waals surface area contributed by atoms with E-state index in [0.717, 1.165) is 19.6 Å². The second-order valence-electron chi connectivity index (χ2n) is 4.67. The van der Waals surface area contributed by atoms with Gasteiger partial charge >= 0.3 is 0 Å². The lowest BCUT2D eigenvalue weighted by Gasteiger charge is -2.31. The highest BCUT2D eigenvalue weighted by Gasteiger charge is 2.18. The molecule has 0 spiro atoms. The lowest BCUT2D eigenvalue weighted by molar-refractivity contribution is 0.180. The smallest absolute Gasteiger partial charge is 0.0244 e. The first-order valence-electron chi connectivity index (χ1n) is 6.07. The summed E-state index contributed by atoms with van der Waals surface area (Å²) in [4.78, 5) is 2.45. The maximum absolute atomic E-state index is 3.45. The van der Waals surface area contributed by atoms with Crippen molar-refractivity contribution < 1.29 is 0 Å². The summed E-state index contributed by atoms with van der Waals surface area (Å²) in [6, 6.07) is 2.83. The number of thiophene rings is 1. The number of hydrogen-bond donors (Lipinski definition) is 1. The maximum atomic E-state index is 3.45. The van der Waals surface area contributed by atoms with Crippen molar-refractivity contribution in [1.29, 1.82) is 0 Å². The molecular formula is C13H24N2S. The Morgan fingerprint density at radius 1 is 1.44 bits per heavy atom. The van der Waals surface area contributed by atoms with Gasteiger partial charge in [-0.25, -0.2) is 0 Å². The van der Waals surface area contributed by atoms with E-state index in [2.05, 4.69) is 54.9 Å². The molecule has 0 aromatic carbocycles. The Hall–Kier alpha value is -0.380. The SMILES string of the molecule is CCNCC(C(C)C)N(C)Cc1ccsc1. The van der Waals surface area contributed by atoms with Crippen LogP contribution in [-0.4, -0.2) is 31.1 Å². The van der Waals surface area contributed by atoms with Gasteiger partial charge in [0.05, 0.1) is 0 Å². The van der Waals surface area contributed by atoms with E-state index < -0.39 is 0 Å². The molecule has 92 valence electrons. The van der Waals surface area contributed by atoms with Gasteiger partial charge < -0.3 is 5.32 Å². The molecule has 1 aromatic rings. The lowest BCUT2D eigenvalue weighted by atomic mass is 10.0. The summed E-state index contributed by atoms with van der Waals surface area (Å²) in [7, 11) is 2.22. The largest absolute Gasteiger partial charge is 0.315 e. The molecule has 0 saturated carbocycles. The van der Waals surface area contributed by atoms with E-state index in [1.54, 1.807) is 11.3 Å². The minimum atomic E-state index is 0.611. The minimum Gasteiger partial charge on any atom is -0.315 e. The van der Waals surface area contributed by atoms with Crippen LogP contribution in [0.2, 0.25) is 0 Å². The van der Waals surface area contributed by atoms with E-state index in [4.69, 9.17) is 0 Å². The van der Waals surface area contributed by atoms with Gasteiger partial charge in [0.25, 0.3) is 0 Å². The zero-order valence-electron chi connectivity index (χ0n) is 10.9. The molecule has 0 aliphatic carbocycles. The first kappa shape index (κ1) is 13.7. The molecule has 1 aromatic heterocycles. The van der Waals surface area contributed by atoms with Crippen molar-refractivity contribution in [3.8, 4) is 0 Å². The molecule has 16 heavy (non-hydrogen) atoms. The van der Waals surface area contributed by atoms with E-state index in [9.17, 15) is 0 Å². The van der Waals surface area contributed by atoms with Crippen LogP contribution in [0.15, 0.2) is 16.8 Å². The van der Waals surface area contributed by atoms with Crippen LogP contribution in [0.3, 0.4) is 0 Å². The van der Waals surface area contributed by atoms with Gasteiger partial charge in [0.15, 0.2) is 0 Å². The minimum absolute atomic E-state index is 0.611. The fraction of sp³-hybridized carbons (Fsp3) is 0.692. The van der Waals surface area contributed by atoms with Crippen LogP contribution in [0, 0.1) is 5.92 Å². The van der Waals surface area contributed by atoms with Gasteiger partial charge in [-0.15, -0.1) is 0 Å². The average molecular weight is 240 g/mol. The highest BCUT2D eigenvalue weighted by molar-refractivity contribution is 7.07. The van der Waals surface area contributed by atoms with Gasteiger partial charge in [0.1, 0.15) is 0 Å². The van der Waals surface area contributed by atoms with Gasteiger partial charge in [-0.1, -0.05) is 20.8 Å². The second-order valence-corrected chi connectivity index (χ2v) is 5.45. The van der Waals surface area contributed by atoms with E-state index >= 15 is 0 Å². The summed E-state index contributed by atoms with van der Waals surface area (Å²) in [6.07, 6.45) is 0. The van der Waals surface area contributed by atoms with E-state index in [1.807, 2.05) is 0 Å².